The van der Waals surface area contributed by atoms with Gasteiger partial charge in [-0.15, -0.1) is 0 Å². The van der Waals surface area contributed by atoms with Crippen molar-refractivity contribution in [2.24, 2.45) is 0 Å². The van der Waals surface area contributed by atoms with E-state index in [0.29, 0.717) is 23.7 Å². The van der Waals surface area contributed by atoms with Gasteiger partial charge in [0.05, 0.1) is 7.11 Å². The standard InChI is InChI=1S/C19H17ClN2O2/c1-24-14-5-6-17-15(10-14)16-11-22(8-7-18(16)21-17)19(23)12-3-2-4-13(20)9-12/h2-6,9-10,21H,7-8,11H2,1H3. The number of aromatic nitrogens is 1. The van der Waals surface area contributed by atoms with Crippen molar-refractivity contribution < 1.29 is 9.53 Å². The lowest BCUT2D eigenvalue weighted by Gasteiger charge is -2.27. The molecule has 1 N–H and O–H groups in total. The normalized spacial score (nSPS) is 13.8. The largest absolute Gasteiger partial charge is 0.497 e. The number of carbonyl (C=O) groups excluding carboxylic acids is 1. The van der Waals surface area contributed by atoms with E-state index in [1.807, 2.05) is 35.2 Å². The van der Waals surface area contributed by atoms with Crippen LogP contribution in [0, 0.1) is 0 Å². The van der Waals surface area contributed by atoms with E-state index < -0.39 is 0 Å². The first-order chi connectivity index (χ1) is 11.7. The number of aromatic amines is 1. The Labute approximate surface area is 145 Å². The number of rotatable bonds is 2. The predicted octanol–water partition coefficient (Wildman–Crippen LogP) is 4.03. The molecule has 2 aromatic carbocycles. The molecule has 4 nitrogen and oxygen atoms in total. The molecule has 0 unspecified atom stereocenters. The lowest BCUT2D eigenvalue weighted by atomic mass is 10.0. The van der Waals surface area contributed by atoms with Gasteiger partial charge >= 0.3 is 0 Å². The summed E-state index contributed by atoms with van der Waals surface area (Å²) in [6, 6.07) is 13.1. The molecule has 0 bridgehead atoms. The summed E-state index contributed by atoms with van der Waals surface area (Å²) >= 11 is 6.01. The van der Waals surface area contributed by atoms with Crippen LogP contribution >= 0.6 is 11.6 Å². The highest BCUT2D eigenvalue weighted by molar-refractivity contribution is 6.30. The Balaban J connectivity index is 1.68. The third kappa shape index (κ3) is 2.53. The molecule has 2 heterocycles. The fraction of sp³-hybridized carbons (Fsp3) is 0.211. The SMILES string of the molecule is COc1ccc2[nH]c3c(c2c1)CN(C(=O)c1cccc(Cl)c1)CC3. The number of ether oxygens (including phenoxy) is 1. The van der Waals surface area contributed by atoms with Crippen molar-refractivity contribution in [3.8, 4) is 5.75 Å². The number of benzene rings is 2. The van der Waals surface area contributed by atoms with E-state index in [9.17, 15) is 4.79 Å². The highest BCUT2D eigenvalue weighted by Gasteiger charge is 2.25. The maximum Gasteiger partial charge on any atom is 0.254 e. The highest BCUT2D eigenvalue weighted by atomic mass is 35.5. The Morgan fingerprint density at radius 3 is 2.92 bits per heavy atom. The summed E-state index contributed by atoms with van der Waals surface area (Å²) in [5.74, 6) is 0.836. The molecule has 0 saturated carbocycles. The van der Waals surface area contributed by atoms with Crippen LogP contribution in [-0.4, -0.2) is 29.4 Å². The van der Waals surface area contributed by atoms with Crippen molar-refractivity contribution in [2.45, 2.75) is 13.0 Å². The summed E-state index contributed by atoms with van der Waals surface area (Å²) in [7, 11) is 1.66. The van der Waals surface area contributed by atoms with Crippen molar-refractivity contribution in [3.05, 3.63) is 64.3 Å². The Kier molecular flexibility index (Phi) is 3.69. The van der Waals surface area contributed by atoms with Gasteiger partial charge in [-0.25, -0.2) is 0 Å². The summed E-state index contributed by atoms with van der Waals surface area (Å²) in [6.45, 7) is 1.29. The van der Waals surface area contributed by atoms with E-state index in [2.05, 4.69) is 4.98 Å². The second kappa shape index (κ2) is 5.87. The summed E-state index contributed by atoms with van der Waals surface area (Å²) in [5.41, 5.74) is 4.08. The molecule has 122 valence electrons. The number of methoxy groups -OCH3 is 1. The van der Waals surface area contributed by atoms with Crippen molar-refractivity contribution in [1.29, 1.82) is 0 Å². The monoisotopic (exact) mass is 340 g/mol. The van der Waals surface area contributed by atoms with Crippen molar-refractivity contribution in [2.75, 3.05) is 13.7 Å². The molecule has 24 heavy (non-hydrogen) atoms. The summed E-state index contributed by atoms with van der Waals surface area (Å²) in [5, 5.41) is 1.70. The zero-order valence-electron chi connectivity index (χ0n) is 13.3. The fourth-order valence-corrected chi connectivity index (χ4v) is 3.49. The van der Waals surface area contributed by atoms with E-state index in [-0.39, 0.29) is 5.91 Å². The molecule has 1 aliphatic rings. The third-order valence-corrected chi connectivity index (χ3v) is 4.78. The second-order valence-corrected chi connectivity index (χ2v) is 6.42. The van der Waals surface area contributed by atoms with Crippen LogP contribution in [0.3, 0.4) is 0 Å². The van der Waals surface area contributed by atoms with Crippen LogP contribution in [0.4, 0.5) is 0 Å². The minimum atomic E-state index is 0.0143. The fourth-order valence-electron chi connectivity index (χ4n) is 3.30. The van der Waals surface area contributed by atoms with Crippen molar-refractivity contribution >= 4 is 28.4 Å². The molecule has 4 rings (SSSR count). The molecular weight excluding hydrogens is 324 g/mol. The van der Waals surface area contributed by atoms with Crippen molar-refractivity contribution in [1.82, 2.24) is 9.88 Å². The lowest BCUT2D eigenvalue weighted by molar-refractivity contribution is 0.0735. The Morgan fingerprint density at radius 2 is 2.12 bits per heavy atom. The second-order valence-electron chi connectivity index (χ2n) is 5.98. The lowest BCUT2D eigenvalue weighted by Crippen LogP contribution is -2.35. The first-order valence-corrected chi connectivity index (χ1v) is 8.26. The molecular formula is C19H17ClN2O2. The molecule has 3 aromatic rings. The molecule has 0 saturated heterocycles. The van der Waals surface area contributed by atoms with Gasteiger partial charge in [-0.1, -0.05) is 17.7 Å². The van der Waals surface area contributed by atoms with Crippen LogP contribution in [0.1, 0.15) is 21.6 Å². The van der Waals surface area contributed by atoms with Crippen molar-refractivity contribution in [3.63, 3.8) is 0 Å². The van der Waals surface area contributed by atoms with Crippen LogP contribution in [-0.2, 0) is 13.0 Å². The van der Waals surface area contributed by atoms with E-state index in [0.717, 1.165) is 23.1 Å². The van der Waals surface area contributed by atoms with E-state index in [1.165, 1.54) is 11.3 Å². The van der Waals surface area contributed by atoms with Gasteiger partial charge in [-0.3, -0.25) is 4.79 Å². The Hall–Kier alpha value is -2.46. The van der Waals surface area contributed by atoms with Crippen LogP contribution in [0.2, 0.25) is 5.02 Å². The number of nitrogens with one attached hydrogen (secondary N) is 1. The van der Waals surface area contributed by atoms with Crippen LogP contribution in [0.25, 0.3) is 10.9 Å². The minimum Gasteiger partial charge on any atom is -0.497 e. The van der Waals surface area contributed by atoms with Crippen LogP contribution < -0.4 is 4.74 Å². The maximum absolute atomic E-state index is 12.8. The number of carbonyl (C=O) groups is 1. The number of H-pyrrole nitrogens is 1. The van der Waals surface area contributed by atoms with E-state index in [4.69, 9.17) is 16.3 Å². The quantitative estimate of drug-likeness (QED) is 0.765. The molecule has 0 spiro atoms. The molecule has 1 aromatic heterocycles. The molecule has 0 atom stereocenters. The molecule has 5 heteroatoms. The summed E-state index contributed by atoms with van der Waals surface area (Å²) in [6.07, 6.45) is 0.818. The number of amides is 1. The average molecular weight is 341 g/mol. The molecule has 0 aliphatic carbocycles. The highest BCUT2D eigenvalue weighted by Crippen LogP contribution is 2.31. The van der Waals surface area contributed by atoms with Gasteiger partial charge in [0, 0.05) is 52.3 Å². The number of fused-ring (bicyclic) bond motifs is 3. The minimum absolute atomic E-state index is 0.0143. The maximum atomic E-state index is 12.8. The first kappa shape index (κ1) is 15.1. The van der Waals surface area contributed by atoms with Crippen LogP contribution in [0.5, 0.6) is 5.75 Å². The molecule has 1 amide bonds. The zero-order valence-corrected chi connectivity index (χ0v) is 14.1. The van der Waals surface area contributed by atoms with Gasteiger partial charge in [0.15, 0.2) is 0 Å². The van der Waals surface area contributed by atoms with Crippen LogP contribution in [0.15, 0.2) is 42.5 Å². The van der Waals surface area contributed by atoms with Gasteiger partial charge in [0.25, 0.3) is 5.91 Å². The molecule has 1 aliphatic heterocycles. The summed E-state index contributed by atoms with van der Waals surface area (Å²) < 4.78 is 5.33. The summed E-state index contributed by atoms with van der Waals surface area (Å²) in [4.78, 5) is 18.1. The average Bonchev–Trinajstić information content (AvgIpc) is 2.98. The topological polar surface area (TPSA) is 45.3 Å². The van der Waals surface area contributed by atoms with Gasteiger partial charge in [0.1, 0.15) is 5.75 Å². The van der Waals surface area contributed by atoms with E-state index >= 15 is 0 Å². The first-order valence-electron chi connectivity index (χ1n) is 7.88. The molecule has 0 radical (unpaired) electrons. The van der Waals surface area contributed by atoms with E-state index in [1.54, 1.807) is 19.2 Å². The van der Waals surface area contributed by atoms with Gasteiger partial charge in [-0.05, 0) is 36.4 Å². The predicted molar refractivity (Wildman–Crippen MR) is 94.7 cm³/mol. The Bertz CT molecular complexity index is 932. The molecule has 0 fully saturated rings. The van der Waals surface area contributed by atoms with Gasteiger partial charge in [-0.2, -0.15) is 0 Å². The number of nitrogens with zero attached hydrogens (tertiary/aromatic N) is 1. The number of hydrogen-bond acceptors (Lipinski definition) is 2. The van der Waals surface area contributed by atoms with Gasteiger partial charge < -0.3 is 14.6 Å². The zero-order chi connectivity index (χ0) is 16.7. The third-order valence-electron chi connectivity index (χ3n) is 4.54. The number of hydrogen-bond donors (Lipinski definition) is 1. The Morgan fingerprint density at radius 1 is 1.25 bits per heavy atom. The number of halogens is 1. The van der Waals surface area contributed by atoms with Gasteiger partial charge in [0.2, 0.25) is 0 Å². The smallest absolute Gasteiger partial charge is 0.254 e.